The van der Waals surface area contributed by atoms with Crippen LogP contribution in [0, 0.1) is 11.7 Å². The smallest absolute Gasteiger partial charge is 0.308 e. The third kappa shape index (κ3) is 2.47. The van der Waals surface area contributed by atoms with Crippen molar-refractivity contribution >= 4 is 11.9 Å². The van der Waals surface area contributed by atoms with Gasteiger partial charge in [0, 0.05) is 19.3 Å². The van der Waals surface area contributed by atoms with Crippen molar-refractivity contribution in [2.75, 3.05) is 13.1 Å². The molecule has 18 heavy (non-hydrogen) atoms. The molecule has 2 heterocycles. The summed E-state index contributed by atoms with van der Waals surface area (Å²) in [6, 6.07) is 1.31. The Morgan fingerprint density at radius 2 is 2.28 bits per heavy atom. The number of aromatic nitrogens is 1. The van der Waals surface area contributed by atoms with Crippen LogP contribution in [0.2, 0.25) is 0 Å². The largest absolute Gasteiger partial charge is 0.481 e. The number of amides is 1. The quantitative estimate of drug-likeness (QED) is 0.857. The maximum Gasteiger partial charge on any atom is 0.308 e. The van der Waals surface area contributed by atoms with Gasteiger partial charge in [-0.1, -0.05) is 0 Å². The molecule has 0 aromatic carbocycles. The Kier molecular flexibility index (Phi) is 3.55. The van der Waals surface area contributed by atoms with Crippen LogP contribution in [-0.4, -0.2) is 40.0 Å². The number of rotatable bonds is 2. The van der Waals surface area contributed by atoms with Gasteiger partial charge in [0.15, 0.2) is 5.82 Å². The molecule has 2 rings (SSSR count). The Hall–Kier alpha value is -1.98. The number of halogens is 1. The van der Waals surface area contributed by atoms with E-state index in [2.05, 4.69) is 4.98 Å². The van der Waals surface area contributed by atoms with E-state index in [1.54, 1.807) is 0 Å². The van der Waals surface area contributed by atoms with Crippen LogP contribution in [0.15, 0.2) is 18.5 Å². The molecule has 0 saturated carbocycles. The highest BCUT2D eigenvalue weighted by molar-refractivity contribution is 5.94. The van der Waals surface area contributed by atoms with E-state index in [9.17, 15) is 14.0 Å². The van der Waals surface area contributed by atoms with Gasteiger partial charge in [0.1, 0.15) is 0 Å². The van der Waals surface area contributed by atoms with Gasteiger partial charge in [-0.15, -0.1) is 0 Å². The van der Waals surface area contributed by atoms with Crippen molar-refractivity contribution in [1.82, 2.24) is 9.88 Å². The number of carboxylic acid groups (broad SMARTS) is 1. The van der Waals surface area contributed by atoms with Gasteiger partial charge in [0.25, 0.3) is 5.91 Å². The second kappa shape index (κ2) is 5.12. The third-order valence-corrected chi connectivity index (χ3v) is 3.06. The van der Waals surface area contributed by atoms with Crippen LogP contribution in [0.5, 0.6) is 0 Å². The van der Waals surface area contributed by atoms with E-state index < -0.39 is 23.6 Å². The first kappa shape index (κ1) is 12.5. The summed E-state index contributed by atoms with van der Waals surface area (Å²) < 4.78 is 13.4. The fourth-order valence-corrected chi connectivity index (χ4v) is 2.08. The van der Waals surface area contributed by atoms with Crippen LogP contribution in [0.25, 0.3) is 0 Å². The molecule has 0 bridgehead atoms. The minimum absolute atomic E-state index is 0.0592. The van der Waals surface area contributed by atoms with E-state index in [1.165, 1.54) is 17.2 Å². The average molecular weight is 252 g/mol. The third-order valence-electron chi connectivity index (χ3n) is 3.06. The van der Waals surface area contributed by atoms with Gasteiger partial charge < -0.3 is 10.0 Å². The number of carbonyl (C=O) groups is 2. The SMILES string of the molecule is O=C(O)[C@H]1CCCN(C(=O)c2ccncc2F)C1. The first-order valence-electron chi connectivity index (χ1n) is 5.71. The number of carbonyl (C=O) groups excluding carboxylic acids is 1. The number of likely N-dealkylation sites (tertiary alicyclic amines) is 1. The fraction of sp³-hybridized carbons (Fsp3) is 0.417. The zero-order valence-corrected chi connectivity index (χ0v) is 9.67. The van der Waals surface area contributed by atoms with Crippen molar-refractivity contribution in [3.63, 3.8) is 0 Å². The first-order valence-corrected chi connectivity index (χ1v) is 5.71. The van der Waals surface area contributed by atoms with Gasteiger partial charge in [-0.3, -0.25) is 14.6 Å². The lowest BCUT2D eigenvalue weighted by atomic mass is 9.98. The molecule has 1 amide bonds. The van der Waals surface area contributed by atoms with Gasteiger partial charge in [-0.2, -0.15) is 0 Å². The van der Waals surface area contributed by atoms with Gasteiger partial charge in [-0.25, -0.2) is 4.39 Å². The highest BCUT2D eigenvalue weighted by Crippen LogP contribution is 2.19. The van der Waals surface area contributed by atoms with Crippen molar-refractivity contribution in [3.8, 4) is 0 Å². The molecule has 1 saturated heterocycles. The number of pyridine rings is 1. The van der Waals surface area contributed by atoms with E-state index in [0.717, 1.165) is 6.20 Å². The summed E-state index contributed by atoms with van der Waals surface area (Å²) in [7, 11) is 0. The molecule has 0 radical (unpaired) electrons. The van der Waals surface area contributed by atoms with E-state index in [4.69, 9.17) is 5.11 Å². The second-order valence-corrected chi connectivity index (χ2v) is 4.28. The second-order valence-electron chi connectivity index (χ2n) is 4.28. The topological polar surface area (TPSA) is 70.5 Å². The van der Waals surface area contributed by atoms with Crippen molar-refractivity contribution in [2.45, 2.75) is 12.8 Å². The Morgan fingerprint density at radius 1 is 1.50 bits per heavy atom. The number of hydrogen-bond donors (Lipinski definition) is 1. The van der Waals surface area contributed by atoms with Gasteiger partial charge in [0.2, 0.25) is 0 Å². The lowest BCUT2D eigenvalue weighted by Crippen LogP contribution is -2.42. The summed E-state index contributed by atoms with van der Waals surface area (Å²) in [5.74, 6) is -2.63. The number of aliphatic carboxylic acids is 1. The van der Waals surface area contributed by atoms with Crippen LogP contribution in [0.3, 0.4) is 0 Å². The summed E-state index contributed by atoms with van der Waals surface area (Å²) >= 11 is 0. The molecule has 6 heteroatoms. The van der Waals surface area contributed by atoms with E-state index in [1.807, 2.05) is 0 Å². The molecule has 1 aromatic rings. The Labute approximate surface area is 103 Å². The molecule has 0 aliphatic carbocycles. The number of piperidine rings is 1. The number of nitrogens with zero attached hydrogens (tertiary/aromatic N) is 2. The molecule has 1 fully saturated rings. The summed E-state index contributed by atoms with van der Waals surface area (Å²) in [6.45, 7) is 0.598. The number of carboxylic acids is 1. The number of hydrogen-bond acceptors (Lipinski definition) is 3. The molecular weight excluding hydrogens is 239 g/mol. The maximum absolute atomic E-state index is 13.4. The molecule has 1 aliphatic heterocycles. The maximum atomic E-state index is 13.4. The molecule has 0 unspecified atom stereocenters. The average Bonchev–Trinajstić information content (AvgIpc) is 2.38. The minimum atomic E-state index is -0.914. The molecular formula is C12H13FN2O3. The lowest BCUT2D eigenvalue weighted by Gasteiger charge is -2.30. The molecule has 1 atom stereocenters. The predicted octanol–water partition coefficient (Wildman–Crippen LogP) is 1.16. The fourth-order valence-electron chi connectivity index (χ4n) is 2.08. The van der Waals surface area contributed by atoms with Gasteiger partial charge >= 0.3 is 5.97 Å². The Bertz CT molecular complexity index is 478. The van der Waals surface area contributed by atoms with E-state index in [0.29, 0.717) is 19.4 Å². The van der Waals surface area contributed by atoms with Gasteiger partial charge in [-0.05, 0) is 18.9 Å². The summed E-state index contributed by atoms with van der Waals surface area (Å²) in [5.41, 5.74) is -0.0592. The first-order chi connectivity index (χ1) is 8.59. The van der Waals surface area contributed by atoms with Crippen LogP contribution >= 0.6 is 0 Å². The highest BCUT2D eigenvalue weighted by Gasteiger charge is 2.29. The molecule has 1 N–H and O–H groups in total. The predicted molar refractivity (Wildman–Crippen MR) is 60.5 cm³/mol. The molecule has 96 valence electrons. The Balaban J connectivity index is 2.14. The highest BCUT2D eigenvalue weighted by atomic mass is 19.1. The normalized spacial score (nSPS) is 19.6. The lowest BCUT2D eigenvalue weighted by molar-refractivity contribution is -0.143. The molecule has 1 aromatic heterocycles. The minimum Gasteiger partial charge on any atom is -0.481 e. The van der Waals surface area contributed by atoms with Crippen LogP contribution in [0.1, 0.15) is 23.2 Å². The van der Waals surface area contributed by atoms with Crippen LogP contribution in [-0.2, 0) is 4.79 Å². The van der Waals surface area contributed by atoms with Crippen molar-refractivity contribution < 1.29 is 19.1 Å². The van der Waals surface area contributed by atoms with Crippen molar-refractivity contribution in [2.24, 2.45) is 5.92 Å². The zero-order valence-electron chi connectivity index (χ0n) is 9.67. The standard InChI is InChI=1S/C12H13FN2O3/c13-10-6-14-4-3-9(10)11(16)15-5-1-2-8(7-15)12(17)18/h3-4,6,8H,1-2,5,7H2,(H,17,18)/t8-/m0/s1. The van der Waals surface area contributed by atoms with Crippen molar-refractivity contribution in [3.05, 3.63) is 29.8 Å². The zero-order chi connectivity index (χ0) is 13.1. The molecule has 1 aliphatic rings. The Morgan fingerprint density at radius 3 is 2.94 bits per heavy atom. The van der Waals surface area contributed by atoms with E-state index >= 15 is 0 Å². The van der Waals surface area contributed by atoms with Crippen molar-refractivity contribution in [1.29, 1.82) is 0 Å². The van der Waals surface area contributed by atoms with Crippen LogP contribution in [0.4, 0.5) is 4.39 Å². The van der Waals surface area contributed by atoms with E-state index in [-0.39, 0.29) is 12.1 Å². The summed E-state index contributed by atoms with van der Waals surface area (Å²) in [5, 5.41) is 8.94. The molecule has 0 spiro atoms. The summed E-state index contributed by atoms with van der Waals surface area (Å²) in [6.07, 6.45) is 3.49. The molecule has 5 nitrogen and oxygen atoms in total. The monoisotopic (exact) mass is 252 g/mol. The summed E-state index contributed by atoms with van der Waals surface area (Å²) in [4.78, 5) is 27.9. The van der Waals surface area contributed by atoms with Crippen LogP contribution < -0.4 is 0 Å². The van der Waals surface area contributed by atoms with Gasteiger partial charge in [0.05, 0.1) is 17.7 Å².